The summed E-state index contributed by atoms with van der Waals surface area (Å²) in [6.07, 6.45) is 3.17. The van der Waals surface area contributed by atoms with Gasteiger partial charge in [0.15, 0.2) is 0 Å². The number of rotatable bonds is 8. The number of likely N-dealkylation sites (N-methyl/N-ethyl adjacent to an activating group) is 1. The van der Waals surface area contributed by atoms with Gasteiger partial charge in [-0.25, -0.2) is 4.79 Å². The molecule has 2 aromatic heterocycles. The highest BCUT2D eigenvalue weighted by atomic mass is 16.5. The van der Waals surface area contributed by atoms with Crippen LogP contribution >= 0.6 is 0 Å². The van der Waals surface area contributed by atoms with Crippen LogP contribution in [0.15, 0.2) is 30.1 Å². The zero-order valence-electron chi connectivity index (χ0n) is 19.6. The third kappa shape index (κ3) is 4.41. The van der Waals surface area contributed by atoms with Crippen molar-refractivity contribution in [2.24, 2.45) is 0 Å². The van der Waals surface area contributed by atoms with Gasteiger partial charge in [0, 0.05) is 36.7 Å². The molecule has 0 radical (unpaired) electrons. The molecule has 1 aliphatic heterocycles. The van der Waals surface area contributed by atoms with Gasteiger partial charge in [0.05, 0.1) is 18.7 Å². The Balaban J connectivity index is 2.16. The van der Waals surface area contributed by atoms with E-state index in [-0.39, 0.29) is 17.0 Å². The normalized spacial score (nSPS) is 17.8. The average molecular weight is 455 g/mol. The van der Waals surface area contributed by atoms with Crippen LogP contribution in [-0.2, 0) is 14.3 Å². The number of hydrogen-bond acceptors (Lipinski definition) is 7. The van der Waals surface area contributed by atoms with Crippen LogP contribution in [0.5, 0.6) is 0 Å². The molecule has 33 heavy (non-hydrogen) atoms. The molecule has 1 aliphatic rings. The summed E-state index contributed by atoms with van der Waals surface area (Å²) in [6.45, 7) is 9.97. The van der Waals surface area contributed by atoms with Crippen molar-refractivity contribution in [1.29, 1.82) is 0 Å². The van der Waals surface area contributed by atoms with Crippen LogP contribution in [0.25, 0.3) is 5.76 Å². The van der Waals surface area contributed by atoms with Crippen molar-refractivity contribution in [3.8, 4) is 0 Å². The molecule has 9 nitrogen and oxygen atoms in total. The number of H-pyrrole nitrogens is 1. The summed E-state index contributed by atoms with van der Waals surface area (Å²) in [5.41, 5.74) is 2.11. The number of Topliss-reactive ketones (excluding diaryl/α,β-unsaturated/α-hetero) is 1. The number of ketones is 1. The van der Waals surface area contributed by atoms with E-state index in [4.69, 9.17) is 4.74 Å². The van der Waals surface area contributed by atoms with Gasteiger partial charge in [0.2, 0.25) is 0 Å². The topological polar surface area (TPSA) is 116 Å². The Hall–Kier alpha value is -3.46. The van der Waals surface area contributed by atoms with Crippen LogP contribution in [0.1, 0.15) is 52.8 Å². The smallest absolute Gasteiger partial charge is 0.354 e. The van der Waals surface area contributed by atoms with E-state index in [0.29, 0.717) is 35.5 Å². The lowest BCUT2D eigenvalue weighted by Crippen LogP contribution is -2.38. The van der Waals surface area contributed by atoms with Crippen molar-refractivity contribution in [1.82, 2.24) is 19.8 Å². The molecule has 2 aromatic rings. The van der Waals surface area contributed by atoms with Crippen LogP contribution in [-0.4, -0.2) is 75.8 Å². The number of carbonyl (C=O) groups is 3. The number of pyridine rings is 1. The summed E-state index contributed by atoms with van der Waals surface area (Å²) in [4.78, 5) is 49.0. The highest BCUT2D eigenvalue weighted by molar-refractivity contribution is 6.46. The first-order chi connectivity index (χ1) is 15.8. The third-order valence-electron chi connectivity index (χ3n) is 6.18. The average Bonchev–Trinajstić information content (AvgIpc) is 3.26. The molecule has 0 saturated carbocycles. The number of likely N-dealkylation sites (tertiary alicyclic amines) is 1. The van der Waals surface area contributed by atoms with Crippen LogP contribution in [0, 0.1) is 13.8 Å². The zero-order chi connectivity index (χ0) is 24.3. The monoisotopic (exact) mass is 454 g/mol. The lowest BCUT2D eigenvalue weighted by Gasteiger charge is -2.28. The summed E-state index contributed by atoms with van der Waals surface area (Å²) in [5.74, 6) is -2.32. The van der Waals surface area contributed by atoms with E-state index in [0.717, 1.165) is 13.1 Å². The Morgan fingerprint density at radius 3 is 2.42 bits per heavy atom. The van der Waals surface area contributed by atoms with E-state index in [2.05, 4.69) is 14.9 Å². The standard InChI is InChI=1S/C24H30N4O5/c1-6-27(7-2)12-13-28-20(16-8-10-25-11-9-16)18(22(30)23(28)31)21(29)17-14(3)19(24(32)33-5)26-15(17)4/h8-11,20,26,29H,6-7,12-13H2,1-5H3/b21-18+/t20-/m0/s1. The predicted octanol–water partition coefficient (Wildman–Crippen LogP) is 2.58. The molecule has 1 saturated heterocycles. The van der Waals surface area contributed by atoms with Gasteiger partial charge in [-0.2, -0.15) is 0 Å². The Kier molecular flexibility index (Phi) is 7.33. The number of hydrogen-bond donors (Lipinski definition) is 2. The van der Waals surface area contributed by atoms with Gasteiger partial charge in [-0.15, -0.1) is 0 Å². The van der Waals surface area contributed by atoms with E-state index in [1.54, 1.807) is 38.4 Å². The van der Waals surface area contributed by atoms with Crippen LogP contribution < -0.4 is 0 Å². The Morgan fingerprint density at radius 1 is 1.21 bits per heavy atom. The number of aromatic amines is 1. The quantitative estimate of drug-likeness (QED) is 0.273. The first kappa shape index (κ1) is 24.2. The minimum Gasteiger partial charge on any atom is -0.507 e. The fourth-order valence-electron chi connectivity index (χ4n) is 4.34. The van der Waals surface area contributed by atoms with E-state index >= 15 is 0 Å². The van der Waals surface area contributed by atoms with Gasteiger partial charge in [-0.1, -0.05) is 13.8 Å². The second-order valence-electron chi connectivity index (χ2n) is 7.92. The Bertz CT molecular complexity index is 1090. The summed E-state index contributed by atoms with van der Waals surface area (Å²) in [6, 6.07) is 2.69. The molecule has 1 amide bonds. The van der Waals surface area contributed by atoms with E-state index in [1.165, 1.54) is 12.0 Å². The SMILES string of the molecule is CCN(CC)CCN1C(=O)C(=O)/C(=C(/O)c2c(C)[nH]c(C(=O)OC)c2C)[C@@H]1c1ccncc1. The zero-order valence-corrected chi connectivity index (χ0v) is 19.6. The highest BCUT2D eigenvalue weighted by Crippen LogP contribution is 2.40. The second-order valence-corrected chi connectivity index (χ2v) is 7.92. The Labute approximate surface area is 193 Å². The predicted molar refractivity (Wildman–Crippen MR) is 123 cm³/mol. The Morgan fingerprint density at radius 2 is 1.85 bits per heavy atom. The van der Waals surface area contributed by atoms with Gasteiger partial charge in [-0.3, -0.25) is 14.6 Å². The van der Waals surface area contributed by atoms with Crippen LogP contribution in [0.2, 0.25) is 0 Å². The minimum atomic E-state index is -0.765. The molecular formula is C24H30N4O5. The van der Waals surface area contributed by atoms with E-state index in [9.17, 15) is 19.5 Å². The molecule has 0 spiro atoms. The molecule has 2 N–H and O–H groups in total. The molecule has 0 aliphatic carbocycles. The molecular weight excluding hydrogens is 424 g/mol. The number of aliphatic hydroxyl groups excluding tert-OH is 1. The summed E-state index contributed by atoms with van der Waals surface area (Å²) >= 11 is 0. The van der Waals surface area contributed by atoms with Crippen molar-refractivity contribution in [3.63, 3.8) is 0 Å². The number of aliphatic hydroxyl groups is 1. The number of aryl methyl sites for hydroxylation is 1. The van der Waals surface area contributed by atoms with Crippen molar-refractivity contribution in [2.45, 2.75) is 33.7 Å². The molecule has 0 unspecified atom stereocenters. The minimum absolute atomic E-state index is 0.00707. The largest absolute Gasteiger partial charge is 0.507 e. The first-order valence-corrected chi connectivity index (χ1v) is 10.9. The van der Waals surface area contributed by atoms with Gasteiger partial charge < -0.3 is 24.6 Å². The lowest BCUT2D eigenvalue weighted by atomic mass is 9.94. The van der Waals surface area contributed by atoms with Gasteiger partial charge in [-0.05, 0) is 50.2 Å². The van der Waals surface area contributed by atoms with Gasteiger partial charge in [0.1, 0.15) is 11.5 Å². The molecule has 1 fully saturated rings. The number of ether oxygens (including phenoxy) is 1. The van der Waals surface area contributed by atoms with E-state index < -0.39 is 23.7 Å². The van der Waals surface area contributed by atoms with Crippen LogP contribution in [0.3, 0.4) is 0 Å². The summed E-state index contributed by atoms with van der Waals surface area (Å²) in [5, 5.41) is 11.3. The number of methoxy groups -OCH3 is 1. The fourth-order valence-corrected chi connectivity index (χ4v) is 4.34. The molecule has 9 heteroatoms. The maximum Gasteiger partial charge on any atom is 0.354 e. The number of amides is 1. The van der Waals surface area contributed by atoms with E-state index in [1.807, 2.05) is 13.8 Å². The maximum atomic E-state index is 13.2. The number of esters is 1. The maximum absolute atomic E-state index is 13.2. The van der Waals surface area contributed by atoms with Gasteiger partial charge >= 0.3 is 5.97 Å². The van der Waals surface area contributed by atoms with Crippen molar-refractivity contribution < 1.29 is 24.2 Å². The number of carbonyl (C=O) groups excluding carboxylic acids is 3. The number of nitrogens with zero attached hydrogens (tertiary/aromatic N) is 3. The summed E-state index contributed by atoms with van der Waals surface area (Å²) < 4.78 is 4.80. The highest BCUT2D eigenvalue weighted by Gasteiger charge is 2.46. The van der Waals surface area contributed by atoms with Crippen molar-refractivity contribution in [3.05, 3.63) is 58.2 Å². The molecule has 3 heterocycles. The molecule has 0 aromatic carbocycles. The van der Waals surface area contributed by atoms with Crippen LogP contribution in [0.4, 0.5) is 0 Å². The molecule has 176 valence electrons. The number of nitrogens with one attached hydrogen (secondary N) is 1. The molecule has 0 bridgehead atoms. The lowest BCUT2D eigenvalue weighted by molar-refractivity contribution is -0.140. The molecule has 3 rings (SSSR count). The first-order valence-electron chi connectivity index (χ1n) is 10.9. The van der Waals surface area contributed by atoms with Crippen molar-refractivity contribution in [2.75, 3.05) is 33.3 Å². The molecule has 1 atom stereocenters. The summed E-state index contributed by atoms with van der Waals surface area (Å²) in [7, 11) is 1.27. The van der Waals surface area contributed by atoms with Gasteiger partial charge in [0.25, 0.3) is 11.7 Å². The fraction of sp³-hybridized carbons (Fsp3) is 0.417. The third-order valence-corrected chi connectivity index (χ3v) is 6.18. The second kappa shape index (κ2) is 9.99. The van der Waals surface area contributed by atoms with Crippen molar-refractivity contribution >= 4 is 23.4 Å². The number of aromatic nitrogens is 2.